The molecule has 0 saturated carbocycles. The van der Waals surface area contributed by atoms with E-state index in [1.54, 1.807) is 15.9 Å². The third-order valence-corrected chi connectivity index (χ3v) is 7.57. The van der Waals surface area contributed by atoms with E-state index in [4.69, 9.17) is 0 Å². The molecule has 1 saturated heterocycles. The number of carbonyl (C=O) groups is 1. The Labute approximate surface area is 180 Å². The van der Waals surface area contributed by atoms with Gasteiger partial charge in [0.25, 0.3) is 11.7 Å². The number of aryl methyl sites for hydroxylation is 2. The van der Waals surface area contributed by atoms with Crippen molar-refractivity contribution in [3.05, 3.63) is 39.5 Å². The van der Waals surface area contributed by atoms with Crippen LogP contribution in [0.3, 0.4) is 0 Å². The van der Waals surface area contributed by atoms with E-state index in [2.05, 4.69) is 33.0 Å². The summed E-state index contributed by atoms with van der Waals surface area (Å²) in [5, 5.41) is 4.32. The second kappa shape index (κ2) is 7.98. The van der Waals surface area contributed by atoms with E-state index in [-0.39, 0.29) is 5.91 Å². The Morgan fingerprint density at radius 2 is 2.07 bits per heavy atom. The number of hydrogen-bond donors (Lipinski definition) is 0. The van der Waals surface area contributed by atoms with E-state index in [1.807, 2.05) is 17.9 Å². The molecule has 0 radical (unpaired) electrons. The van der Waals surface area contributed by atoms with Crippen LogP contribution in [0.15, 0.2) is 18.5 Å². The van der Waals surface area contributed by atoms with Crippen LogP contribution in [-0.4, -0.2) is 56.6 Å². The smallest absolute Gasteiger partial charge is 0.264 e. The number of aromatic nitrogens is 4. The fourth-order valence-corrected chi connectivity index (χ4v) is 5.97. The lowest BCUT2D eigenvalue weighted by Gasteiger charge is -2.35. The average Bonchev–Trinajstić information content (AvgIpc) is 3.39. The SMILES string of the molecule is CCC[C@H]1CCc2sc(C(=O)N3CCN(c4cc(C)nc5ncnn45)CC3)cc2C1. The van der Waals surface area contributed by atoms with Crippen molar-refractivity contribution < 1.29 is 4.79 Å². The van der Waals surface area contributed by atoms with E-state index in [0.717, 1.165) is 61.3 Å². The Morgan fingerprint density at radius 3 is 2.87 bits per heavy atom. The first-order chi connectivity index (χ1) is 14.6. The zero-order valence-corrected chi connectivity index (χ0v) is 18.5. The van der Waals surface area contributed by atoms with Gasteiger partial charge in [0, 0.05) is 42.8 Å². The predicted octanol–water partition coefficient (Wildman–Crippen LogP) is 3.36. The molecule has 2 aliphatic rings. The molecule has 1 fully saturated rings. The second-order valence-corrected chi connectivity index (χ2v) is 9.60. The molecule has 1 atom stereocenters. The number of rotatable bonds is 4. The van der Waals surface area contributed by atoms with Crippen molar-refractivity contribution in [3.8, 4) is 0 Å². The van der Waals surface area contributed by atoms with Gasteiger partial charge in [0.05, 0.1) is 4.88 Å². The fraction of sp³-hybridized carbons (Fsp3) is 0.545. The molecule has 0 N–H and O–H groups in total. The van der Waals surface area contributed by atoms with Crippen molar-refractivity contribution in [1.82, 2.24) is 24.5 Å². The number of carbonyl (C=O) groups excluding carboxylic acids is 1. The number of thiophene rings is 1. The van der Waals surface area contributed by atoms with E-state index < -0.39 is 0 Å². The first-order valence-electron chi connectivity index (χ1n) is 11.0. The maximum Gasteiger partial charge on any atom is 0.264 e. The monoisotopic (exact) mass is 424 g/mol. The van der Waals surface area contributed by atoms with Crippen molar-refractivity contribution in [3.63, 3.8) is 0 Å². The summed E-state index contributed by atoms with van der Waals surface area (Å²) in [5.41, 5.74) is 2.35. The van der Waals surface area contributed by atoms with Crippen LogP contribution >= 0.6 is 11.3 Å². The van der Waals surface area contributed by atoms with Gasteiger partial charge < -0.3 is 9.80 Å². The molecule has 8 heteroatoms. The van der Waals surface area contributed by atoms with Gasteiger partial charge in [-0.05, 0) is 43.7 Å². The number of nitrogens with zero attached hydrogens (tertiary/aromatic N) is 6. The summed E-state index contributed by atoms with van der Waals surface area (Å²) in [6, 6.07) is 4.22. The van der Waals surface area contributed by atoms with Gasteiger partial charge in [0.2, 0.25) is 0 Å². The third-order valence-electron chi connectivity index (χ3n) is 6.34. The summed E-state index contributed by atoms with van der Waals surface area (Å²) in [5.74, 6) is 2.60. The average molecular weight is 425 g/mol. The van der Waals surface area contributed by atoms with Crippen LogP contribution in [0.5, 0.6) is 0 Å². The Morgan fingerprint density at radius 1 is 1.23 bits per heavy atom. The first kappa shape index (κ1) is 19.5. The Balaban J connectivity index is 1.27. The molecular formula is C22H28N6OS. The molecular weight excluding hydrogens is 396 g/mol. The molecule has 3 aromatic rings. The maximum atomic E-state index is 13.2. The van der Waals surface area contributed by atoms with Gasteiger partial charge >= 0.3 is 0 Å². The molecule has 4 heterocycles. The van der Waals surface area contributed by atoms with E-state index in [1.165, 1.54) is 36.0 Å². The van der Waals surface area contributed by atoms with Crippen molar-refractivity contribution in [2.75, 3.05) is 31.1 Å². The Bertz CT molecular complexity index is 1060. The molecule has 1 aliphatic carbocycles. The summed E-state index contributed by atoms with van der Waals surface area (Å²) in [6.45, 7) is 7.25. The van der Waals surface area contributed by atoms with Crippen molar-refractivity contribution in [1.29, 1.82) is 0 Å². The highest BCUT2D eigenvalue weighted by Gasteiger charge is 2.27. The number of anilines is 1. The molecule has 5 rings (SSSR count). The Kier molecular flexibility index (Phi) is 5.18. The molecule has 0 bridgehead atoms. The normalized spacial score (nSPS) is 19.3. The third kappa shape index (κ3) is 3.57. The van der Waals surface area contributed by atoms with Crippen LogP contribution in [0.4, 0.5) is 5.82 Å². The van der Waals surface area contributed by atoms with E-state index in [0.29, 0.717) is 5.78 Å². The summed E-state index contributed by atoms with van der Waals surface area (Å²) in [7, 11) is 0. The molecule has 0 aromatic carbocycles. The second-order valence-electron chi connectivity index (χ2n) is 8.46. The van der Waals surface area contributed by atoms with Crippen LogP contribution in [-0.2, 0) is 12.8 Å². The number of piperazine rings is 1. The lowest BCUT2D eigenvalue weighted by molar-refractivity contribution is 0.0751. The zero-order valence-electron chi connectivity index (χ0n) is 17.7. The van der Waals surface area contributed by atoms with Crippen molar-refractivity contribution >= 4 is 28.8 Å². The maximum absolute atomic E-state index is 13.2. The topological polar surface area (TPSA) is 66.6 Å². The van der Waals surface area contributed by atoms with Gasteiger partial charge in [-0.3, -0.25) is 4.79 Å². The minimum absolute atomic E-state index is 0.193. The van der Waals surface area contributed by atoms with E-state index in [9.17, 15) is 4.79 Å². The van der Waals surface area contributed by atoms with Gasteiger partial charge in [0.1, 0.15) is 12.1 Å². The van der Waals surface area contributed by atoms with Crippen LogP contribution in [0, 0.1) is 12.8 Å². The highest BCUT2D eigenvalue weighted by Crippen LogP contribution is 2.34. The van der Waals surface area contributed by atoms with Crippen LogP contribution in [0.1, 0.15) is 52.0 Å². The summed E-state index contributed by atoms with van der Waals surface area (Å²) in [6.07, 6.45) is 7.65. The molecule has 158 valence electrons. The highest BCUT2D eigenvalue weighted by molar-refractivity contribution is 7.14. The van der Waals surface area contributed by atoms with E-state index >= 15 is 0 Å². The molecule has 1 amide bonds. The van der Waals surface area contributed by atoms with Crippen LogP contribution in [0.2, 0.25) is 0 Å². The predicted molar refractivity (Wildman–Crippen MR) is 118 cm³/mol. The minimum Gasteiger partial charge on any atom is -0.353 e. The summed E-state index contributed by atoms with van der Waals surface area (Å²) in [4.78, 5) is 28.4. The minimum atomic E-state index is 0.193. The lowest BCUT2D eigenvalue weighted by Crippen LogP contribution is -2.49. The van der Waals surface area contributed by atoms with Crippen LogP contribution in [0.25, 0.3) is 5.78 Å². The largest absolute Gasteiger partial charge is 0.353 e. The molecule has 30 heavy (non-hydrogen) atoms. The van der Waals surface area contributed by atoms with Crippen molar-refractivity contribution in [2.24, 2.45) is 5.92 Å². The standard InChI is InChI=1S/C22H28N6OS/c1-3-4-16-5-6-18-17(12-16)13-19(30-18)21(29)27-9-7-26(8-10-27)20-11-15(2)25-22-23-14-24-28(20)22/h11,13-14,16H,3-10,12H2,1-2H3/t16-/m0/s1. The number of fused-ring (bicyclic) bond motifs is 2. The zero-order chi connectivity index (χ0) is 20.7. The van der Waals surface area contributed by atoms with Gasteiger partial charge in [-0.25, -0.2) is 4.98 Å². The molecule has 0 spiro atoms. The molecule has 1 aliphatic heterocycles. The summed E-state index contributed by atoms with van der Waals surface area (Å²) >= 11 is 1.72. The molecule has 0 unspecified atom stereocenters. The fourth-order valence-electron chi connectivity index (χ4n) is 4.79. The van der Waals surface area contributed by atoms with Crippen LogP contribution < -0.4 is 4.90 Å². The molecule has 3 aromatic heterocycles. The van der Waals surface area contributed by atoms with Gasteiger partial charge in [0.15, 0.2) is 0 Å². The van der Waals surface area contributed by atoms with Gasteiger partial charge in [-0.2, -0.15) is 14.6 Å². The Hall–Kier alpha value is -2.48. The number of amides is 1. The summed E-state index contributed by atoms with van der Waals surface area (Å²) < 4.78 is 1.78. The molecule has 7 nitrogen and oxygen atoms in total. The highest BCUT2D eigenvalue weighted by atomic mass is 32.1. The van der Waals surface area contributed by atoms with Crippen molar-refractivity contribution in [2.45, 2.75) is 46.0 Å². The first-order valence-corrected chi connectivity index (χ1v) is 11.8. The number of hydrogen-bond acceptors (Lipinski definition) is 6. The van der Waals surface area contributed by atoms with Gasteiger partial charge in [-0.15, -0.1) is 11.3 Å². The lowest BCUT2D eigenvalue weighted by atomic mass is 9.85. The quantitative estimate of drug-likeness (QED) is 0.642. The van der Waals surface area contributed by atoms with Gasteiger partial charge in [-0.1, -0.05) is 19.8 Å².